The van der Waals surface area contributed by atoms with Gasteiger partial charge in [-0.1, -0.05) is 97.1 Å². The van der Waals surface area contributed by atoms with Gasteiger partial charge in [-0.2, -0.15) is 0 Å². The molecule has 50 heavy (non-hydrogen) atoms. The predicted molar refractivity (Wildman–Crippen MR) is 198 cm³/mol. The number of alkyl carbamates (subject to hydrolysis) is 1. The van der Waals surface area contributed by atoms with Crippen molar-refractivity contribution in [1.82, 2.24) is 20.9 Å². The van der Waals surface area contributed by atoms with Crippen LogP contribution in [0.25, 0.3) is 32.3 Å². The van der Waals surface area contributed by atoms with Crippen molar-refractivity contribution in [1.29, 1.82) is 0 Å². The molecule has 0 saturated heterocycles. The Kier molecular flexibility index (Phi) is 9.94. The number of nitrogens with two attached hydrogens (primary N) is 1. The summed E-state index contributed by atoms with van der Waals surface area (Å²) >= 11 is 0. The number of nitrogen functional groups attached to an aromatic ring is 1. The molecule has 0 aliphatic rings. The van der Waals surface area contributed by atoms with E-state index < -0.39 is 29.7 Å². The summed E-state index contributed by atoms with van der Waals surface area (Å²) in [6.45, 7) is 5.52. The van der Waals surface area contributed by atoms with Gasteiger partial charge in [-0.15, -0.1) is 0 Å². The fraction of sp³-hybridized carbons (Fsp3) is 0.220. The number of anilines is 1. The summed E-state index contributed by atoms with van der Waals surface area (Å²) in [7, 11) is 0. The number of benzene rings is 5. The average molecular weight is 668 g/mol. The number of nitrogens with zero attached hydrogens (tertiary/aromatic N) is 1. The van der Waals surface area contributed by atoms with E-state index in [0.29, 0.717) is 5.82 Å². The number of hydrogen-bond donors (Lipinski definition) is 4. The van der Waals surface area contributed by atoms with E-state index in [0.717, 1.165) is 49.0 Å². The summed E-state index contributed by atoms with van der Waals surface area (Å²) in [6, 6.07) is 33.2. The highest BCUT2D eigenvalue weighted by Crippen LogP contribution is 2.23. The number of amides is 3. The van der Waals surface area contributed by atoms with Crippen molar-refractivity contribution in [3.8, 4) is 0 Å². The monoisotopic (exact) mass is 667 g/mol. The van der Waals surface area contributed by atoms with Crippen LogP contribution >= 0.6 is 0 Å². The van der Waals surface area contributed by atoms with E-state index in [4.69, 9.17) is 10.5 Å². The molecule has 254 valence electrons. The highest BCUT2D eigenvalue weighted by Gasteiger charge is 2.29. The Bertz CT molecular complexity index is 2180. The minimum absolute atomic E-state index is 0.185. The van der Waals surface area contributed by atoms with E-state index in [1.54, 1.807) is 27.0 Å². The van der Waals surface area contributed by atoms with Gasteiger partial charge in [0.15, 0.2) is 0 Å². The fourth-order valence-corrected chi connectivity index (χ4v) is 6.19. The van der Waals surface area contributed by atoms with E-state index in [1.807, 2.05) is 109 Å². The van der Waals surface area contributed by atoms with E-state index in [9.17, 15) is 14.4 Å². The van der Waals surface area contributed by atoms with Gasteiger partial charge in [-0.05, 0) is 76.5 Å². The minimum atomic E-state index is -1.03. The predicted octanol–water partition coefficient (Wildman–Crippen LogP) is 6.60. The number of carbonyl (C=O) groups is 3. The average Bonchev–Trinajstić information content (AvgIpc) is 3.09. The highest BCUT2D eigenvalue weighted by molar-refractivity contribution is 5.94. The van der Waals surface area contributed by atoms with Crippen molar-refractivity contribution in [2.75, 3.05) is 5.73 Å². The van der Waals surface area contributed by atoms with Crippen LogP contribution in [-0.2, 0) is 33.7 Å². The van der Waals surface area contributed by atoms with Gasteiger partial charge >= 0.3 is 6.09 Å². The molecular weight excluding hydrogens is 626 g/mol. The molecule has 0 aliphatic carbocycles. The summed E-state index contributed by atoms with van der Waals surface area (Å²) in [4.78, 5) is 45.4. The van der Waals surface area contributed by atoms with Crippen LogP contribution in [0.3, 0.4) is 0 Å². The van der Waals surface area contributed by atoms with Crippen molar-refractivity contribution in [3.05, 3.63) is 132 Å². The van der Waals surface area contributed by atoms with Crippen LogP contribution in [0.2, 0.25) is 0 Å². The highest BCUT2D eigenvalue weighted by atomic mass is 16.6. The molecule has 6 rings (SSSR count). The lowest BCUT2D eigenvalue weighted by Gasteiger charge is -2.26. The molecular formula is C41H41N5O4. The van der Waals surface area contributed by atoms with Crippen LogP contribution in [0, 0.1) is 0 Å². The van der Waals surface area contributed by atoms with Crippen molar-refractivity contribution in [2.24, 2.45) is 0 Å². The van der Waals surface area contributed by atoms with Crippen molar-refractivity contribution in [3.63, 3.8) is 0 Å². The first-order valence-electron chi connectivity index (χ1n) is 16.7. The Hall–Kier alpha value is -5.96. The zero-order chi connectivity index (χ0) is 35.3. The maximum absolute atomic E-state index is 14.2. The zero-order valence-corrected chi connectivity index (χ0v) is 28.4. The van der Waals surface area contributed by atoms with Gasteiger partial charge in [0.1, 0.15) is 23.5 Å². The van der Waals surface area contributed by atoms with Crippen LogP contribution in [-0.4, -0.2) is 40.6 Å². The Balaban J connectivity index is 1.29. The molecule has 1 heterocycles. The van der Waals surface area contributed by atoms with Crippen molar-refractivity contribution in [2.45, 2.75) is 57.8 Å². The molecule has 0 spiro atoms. The normalized spacial score (nSPS) is 12.7. The molecule has 3 amide bonds. The van der Waals surface area contributed by atoms with Gasteiger partial charge in [-0.25, -0.2) is 9.78 Å². The van der Waals surface area contributed by atoms with Crippen LogP contribution in [0.1, 0.15) is 37.5 Å². The SMILES string of the molecule is CC(C)(C)OC(=O)N[C@H](Cc1cccc2ccccc12)C(=O)N[C@@H](Cc1cccc2ccccc12)C(=O)NCc1ccc2c(N)nccc2c1. The standard InChI is InChI=1S/C41H41N5O4/c1-41(2,3)50-40(49)46-36(24-30-15-9-13-28-11-5-7-17-33(28)30)39(48)45-35(23-29-14-8-12-27-10-4-6-16-32(27)29)38(47)44-25-26-18-19-34-31(22-26)20-21-43-37(34)42/h4-22,35-36H,23-25H2,1-3H3,(H2,42,43)(H,44,47)(H,45,48)(H,46,49)/t35-,36+/m0/s1. The second-order valence-electron chi connectivity index (χ2n) is 13.4. The van der Waals surface area contributed by atoms with Crippen LogP contribution < -0.4 is 21.7 Å². The maximum atomic E-state index is 14.2. The molecule has 9 nitrogen and oxygen atoms in total. The molecule has 1 aromatic heterocycles. The van der Waals surface area contributed by atoms with E-state index >= 15 is 0 Å². The molecule has 5 aromatic carbocycles. The van der Waals surface area contributed by atoms with E-state index in [2.05, 4.69) is 20.9 Å². The summed E-state index contributed by atoms with van der Waals surface area (Å²) < 4.78 is 5.54. The molecule has 0 fully saturated rings. The molecule has 0 saturated carbocycles. The molecule has 0 aliphatic heterocycles. The van der Waals surface area contributed by atoms with Crippen molar-refractivity contribution < 1.29 is 19.1 Å². The van der Waals surface area contributed by atoms with Gasteiger partial charge in [0.05, 0.1) is 0 Å². The van der Waals surface area contributed by atoms with Gasteiger partial charge in [-0.3, -0.25) is 9.59 Å². The number of aromatic nitrogens is 1. The summed E-state index contributed by atoms with van der Waals surface area (Å²) in [5, 5.41) is 14.5. The topological polar surface area (TPSA) is 135 Å². The smallest absolute Gasteiger partial charge is 0.408 e. The van der Waals surface area contributed by atoms with Gasteiger partial charge in [0, 0.05) is 31.0 Å². The van der Waals surface area contributed by atoms with Crippen LogP contribution in [0.15, 0.2) is 115 Å². The van der Waals surface area contributed by atoms with Crippen LogP contribution in [0.4, 0.5) is 10.6 Å². The number of fused-ring (bicyclic) bond motifs is 3. The Morgan fingerprint density at radius 1 is 0.680 bits per heavy atom. The van der Waals surface area contributed by atoms with Gasteiger partial charge in [0.2, 0.25) is 11.8 Å². The quantitative estimate of drug-likeness (QED) is 0.130. The van der Waals surface area contributed by atoms with E-state index in [1.165, 1.54) is 0 Å². The summed E-state index contributed by atoms with van der Waals surface area (Å²) in [5.74, 6) is -0.423. The fourth-order valence-electron chi connectivity index (χ4n) is 6.19. The van der Waals surface area contributed by atoms with Gasteiger partial charge < -0.3 is 26.4 Å². The Morgan fingerprint density at radius 2 is 1.26 bits per heavy atom. The Morgan fingerprint density at radius 3 is 1.88 bits per heavy atom. The third kappa shape index (κ3) is 8.18. The molecule has 5 N–H and O–H groups in total. The minimum Gasteiger partial charge on any atom is -0.444 e. The number of rotatable bonds is 10. The lowest BCUT2D eigenvalue weighted by molar-refractivity contribution is -0.130. The molecule has 0 radical (unpaired) electrons. The first-order chi connectivity index (χ1) is 24.0. The first kappa shape index (κ1) is 33.9. The largest absolute Gasteiger partial charge is 0.444 e. The first-order valence-corrected chi connectivity index (χ1v) is 16.7. The second-order valence-corrected chi connectivity index (χ2v) is 13.4. The molecule has 9 heteroatoms. The van der Waals surface area contributed by atoms with Gasteiger partial charge in [0.25, 0.3) is 0 Å². The van der Waals surface area contributed by atoms with Crippen LogP contribution in [0.5, 0.6) is 0 Å². The number of hydrogen-bond acceptors (Lipinski definition) is 6. The number of ether oxygens (including phenoxy) is 1. The van der Waals surface area contributed by atoms with E-state index in [-0.39, 0.29) is 25.3 Å². The molecule has 0 bridgehead atoms. The molecule has 2 atom stereocenters. The second kappa shape index (κ2) is 14.7. The third-order valence-electron chi connectivity index (χ3n) is 8.57. The lowest BCUT2D eigenvalue weighted by atomic mass is 9.96. The third-order valence-corrected chi connectivity index (χ3v) is 8.57. The lowest BCUT2D eigenvalue weighted by Crippen LogP contribution is -2.55. The maximum Gasteiger partial charge on any atom is 0.408 e. The zero-order valence-electron chi connectivity index (χ0n) is 28.4. The number of carbonyl (C=O) groups excluding carboxylic acids is 3. The Labute approximate surface area is 291 Å². The molecule has 6 aromatic rings. The number of nitrogens with one attached hydrogen (secondary N) is 3. The number of pyridine rings is 1. The molecule has 0 unspecified atom stereocenters. The van der Waals surface area contributed by atoms with Crippen molar-refractivity contribution >= 4 is 56.0 Å². The summed E-state index contributed by atoms with van der Waals surface area (Å²) in [6.07, 6.45) is 1.34. The summed E-state index contributed by atoms with van der Waals surface area (Å²) in [5.41, 5.74) is 7.91.